The Labute approximate surface area is 91.2 Å². The smallest absolute Gasteiger partial charge is 0.228 e. The van der Waals surface area contributed by atoms with Crippen LogP contribution < -0.4 is 0 Å². The second-order valence-electron chi connectivity index (χ2n) is 1.94. The van der Waals surface area contributed by atoms with Crippen molar-refractivity contribution in [2.24, 2.45) is 0 Å². The number of hydrogen-bond donors (Lipinski definition) is 0. The average Bonchev–Trinajstić information content (AvgIpc) is 1.96. The van der Waals surface area contributed by atoms with Gasteiger partial charge in [0.15, 0.2) is 0 Å². The molecular formula is C6H2Cl2F2IN. The molecule has 0 amide bonds. The Kier molecular flexibility index (Phi) is 3.48. The quantitative estimate of drug-likeness (QED) is 0.563. The normalized spacial score (nSPS) is 10.8. The Morgan fingerprint density at radius 3 is 2.50 bits per heavy atom. The average molecular weight is 324 g/mol. The number of rotatable bonds is 1. The first kappa shape index (κ1) is 10.4. The minimum atomic E-state index is -2.57. The second kappa shape index (κ2) is 4.02. The first-order chi connectivity index (χ1) is 5.52. The molecule has 1 heterocycles. The van der Waals surface area contributed by atoms with Crippen LogP contribution in [-0.2, 0) is 0 Å². The van der Waals surface area contributed by atoms with Gasteiger partial charge in [-0.3, -0.25) is 0 Å². The Balaban J connectivity index is 3.23. The maximum absolute atomic E-state index is 12.2. The number of pyridine rings is 1. The highest BCUT2D eigenvalue weighted by atomic mass is 127. The van der Waals surface area contributed by atoms with Crippen molar-refractivity contribution in [2.45, 2.75) is 6.43 Å². The van der Waals surface area contributed by atoms with Crippen molar-refractivity contribution in [3.8, 4) is 0 Å². The number of nitrogens with zero attached hydrogens (tertiary/aromatic N) is 1. The second-order valence-corrected chi connectivity index (χ2v) is 3.73. The zero-order valence-corrected chi connectivity index (χ0v) is 9.16. The number of alkyl halides is 2. The molecule has 1 nitrogen and oxygen atoms in total. The molecule has 0 aliphatic rings. The minimum absolute atomic E-state index is 0.0467. The van der Waals surface area contributed by atoms with Crippen LogP contribution >= 0.6 is 45.8 Å². The lowest BCUT2D eigenvalue weighted by atomic mass is 10.3. The molecule has 0 aliphatic heterocycles. The molecule has 66 valence electrons. The Hall–Kier alpha value is 0.320. The van der Waals surface area contributed by atoms with Crippen molar-refractivity contribution < 1.29 is 8.78 Å². The van der Waals surface area contributed by atoms with Crippen molar-refractivity contribution in [3.63, 3.8) is 0 Å². The Morgan fingerprint density at radius 1 is 1.42 bits per heavy atom. The van der Waals surface area contributed by atoms with Crippen molar-refractivity contribution >= 4 is 45.8 Å². The van der Waals surface area contributed by atoms with Gasteiger partial charge in [-0.1, -0.05) is 23.2 Å². The zero-order valence-electron chi connectivity index (χ0n) is 5.49. The molecule has 0 spiro atoms. The van der Waals surface area contributed by atoms with Crippen molar-refractivity contribution in [3.05, 3.63) is 25.5 Å². The minimum Gasteiger partial charge on any atom is -0.228 e. The lowest BCUT2D eigenvalue weighted by Crippen LogP contribution is -1.93. The van der Waals surface area contributed by atoms with Gasteiger partial charge in [0, 0.05) is 0 Å². The van der Waals surface area contributed by atoms with Gasteiger partial charge in [0.25, 0.3) is 6.43 Å². The summed E-state index contributed by atoms with van der Waals surface area (Å²) in [5.41, 5.74) is -0.190. The van der Waals surface area contributed by atoms with Crippen molar-refractivity contribution in [1.29, 1.82) is 0 Å². The van der Waals surface area contributed by atoms with E-state index in [9.17, 15) is 8.78 Å². The van der Waals surface area contributed by atoms with Crippen molar-refractivity contribution in [1.82, 2.24) is 4.98 Å². The highest BCUT2D eigenvalue weighted by molar-refractivity contribution is 14.1. The van der Waals surface area contributed by atoms with E-state index in [4.69, 9.17) is 23.2 Å². The summed E-state index contributed by atoms with van der Waals surface area (Å²) in [6.45, 7) is 0. The molecule has 0 unspecified atom stereocenters. The maximum atomic E-state index is 12.2. The monoisotopic (exact) mass is 323 g/mol. The first-order valence-corrected chi connectivity index (χ1v) is 4.65. The summed E-state index contributed by atoms with van der Waals surface area (Å²) in [6, 6.07) is 1.13. The third-order valence-electron chi connectivity index (χ3n) is 1.15. The SMILES string of the molecule is FC(F)c1cc(Cl)c(Cl)nc1I. The van der Waals surface area contributed by atoms with Crippen LogP contribution in [0.4, 0.5) is 8.78 Å². The predicted octanol–water partition coefficient (Wildman–Crippen LogP) is 3.93. The number of aromatic nitrogens is 1. The Morgan fingerprint density at radius 2 is 2.00 bits per heavy atom. The number of halogens is 5. The van der Waals surface area contributed by atoms with Gasteiger partial charge in [-0.05, 0) is 28.7 Å². The van der Waals surface area contributed by atoms with Gasteiger partial charge in [0.1, 0.15) is 8.85 Å². The molecule has 1 aromatic heterocycles. The standard InChI is InChI=1S/C6H2Cl2F2IN/c7-3-1-2(5(9)10)6(11)12-4(3)8/h1,5H. The first-order valence-electron chi connectivity index (χ1n) is 2.82. The third kappa shape index (κ3) is 2.17. The largest absolute Gasteiger partial charge is 0.266 e. The fourth-order valence-electron chi connectivity index (χ4n) is 0.613. The highest BCUT2D eigenvalue weighted by Gasteiger charge is 2.14. The summed E-state index contributed by atoms with van der Waals surface area (Å²) in [4.78, 5) is 3.63. The van der Waals surface area contributed by atoms with Crippen LogP contribution in [0.3, 0.4) is 0 Å². The van der Waals surface area contributed by atoms with E-state index in [0.29, 0.717) is 0 Å². The fourth-order valence-corrected chi connectivity index (χ4v) is 1.69. The molecule has 0 radical (unpaired) electrons. The Bertz CT molecular complexity index is 306. The van der Waals surface area contributed by atoms with Crippen LogP contribution in [-0.4, -0.2) is 4.98 Å². The molecule has 12 heavy (non-hydrogen) atoms. The van der Waals surface area contributed by atoms with E-state index in [1.165, 1.54) is 0 Å². The molecular weight excluding hydrogens is 322 g/mol. The van der Waals surface area contributed by atoms with Gasteiger partial charge in [0.05, 0.1) is 10.6 Å². The summed E-state index contributed by atoms with van der Waals surface area (Å²) in [7, 11) is 0. The predicted molar refractivity (Wildman–Crippen MR) is 51.9 cm³/mol. The lowest BCUT2D eigenvalue weighted by molar-refractivity contribution is 0.150. The fraction of sp³-hybridized carbons (Fsp3) is 0.167. The van der Waals surface area contributed by atoms with E-state index in [1.807, 2.05) is 0 Å². The van der Waals surface area contributed by atoms with Crippen LogP contribution in [0.5, 0.6) is 0 Å². The van der Waals surface area contributed by atoms with Gasteiger partial charge in [0.2, 0.25) is 0 Å². The molecule has 1 rings (SSSR count). The number of hydrogen-bond acceptors (Lipinski definition) is 1. The molecule has 0 N–H and O–H groups in total. The van der Waals surface area contributed by atoms with Crippen LogP contribution in [0.2, 0.25) is 10.2 Å². The summed E-state index contributed by atoms with van der Waals surface area (Å²) in [6.07, 6.45) is -2.57. The van der Waals surface area contributed by atoms with Gasteiger partial charge in [-0.15, -0.1) is 0 Å². The van der Waals surface area contributed by atoms with Crippen LogP contribution in [0.1, 0.15) is 12.0 Å². The molecule has 0 aromatic carbocycles. The van der Waals surface area contributed by atoms with Crippen LogP contribution in [0, 0.1) is 3.70 Å². The van der Waals surface area contributed by atoms with Crippen LogP contribution in [0.25, 0.3) is 0 Å². The van der Waals surface area contributed by atoms with Gasteiger partial charge in [-0.25, -0.2) is 13.8 Å². The van der Waals surface area contributed by atoms with Gasteiger partial charge in [-0.2, -0.15) is 0 Å². The van der Waals surface area contributed by atoms with E-state index in [1.54, 1.807) is 22.6 Å². The maximum Gasteiger partial charge on any atom is 0.266 e. The summed E-state index contributed by atoms with van der Waals surface area (Å²) in [5.74, 6) is 0. The molecule has 0 bridgehead atoms. The summed E-state index contributed by atoms with van der Waals surface area (Å²) >= 11 is 12.7. The summed E-state index contributed by atoms with van der Waals surface area (Å²) in [5, 5.41) is 0.0952. The van der Waals surface area contributed by atoms with E-state index >= 15 is 0 Å². The van der Waals surface area contributed by atoms with Gasteiger partial charge < -0.3 is 0 Å². The third-order valence-corrected chi connectivity index (χ3v) is 2.69. The van der Waals surface area contributed by atoms with Crippen molar-refractivity contribution in [2.75, 3.05) is 0 Å². The zero-order chi connectivity index (χ0) is 9.30. The molecule has 0 saturated carbocycles. The van der Waals surface area contributed by atoms with Gasteiger partial charge >= 0.3 is 0 Å². The molecule has 6 heteroatoms. The lowest BCUT2D eigenvalue weighted by Gasteiger charge is -2.03. The van der Waals surface area contributed by atoms with E-state index in [2.05, 4.69) is 4.98 Å². The summed E-state index contributed by atoms with van der Waals surface area (Å²) < 4.78 is 24.6. The molecule has 0 fully saturated rings. The topological polar surface area (TPSA) is 12.9 Å². The van der Waals surface area contributed by atoms with E-state index < -0.39 is 6.43 Å². The van der Waals surface area contributed by atoms with Crippen LogP contribution in [0.15, 0.2) is 6.07 Å². The molecule has 1 aromatic rings. The molecule has 0 atom stereocenters. The van der Waals surface area contributed by atoms with E-state index in [-0.39, 0.29) is 19.4 Å². The van der Waals surface area contributed by atoms with E-state index in [0.717, 1.165) is 6.07 Å². The highest BCUT2D eigenvalue weighted by Crippen LogP contribution is 2.29. The molecule has 0 saturated heterocycles. The molecule has 0 aliphatic carbocycles.